The average molecular weight is 319 g/mol. The lowest BCUT2D eigenvalue weighted by Gasteiger charge is -2.26. The zero-order chi connectivity index (χ0) is 13.2. The van der Waals surface area contributed by atoms with Crippen molar-refractivity contribution in [2.75, 3.05) is 5.73 Å². The number of fused-ring (bicyclic) bond motifs is 1. The van der Waals surface area contributed by atoms with Crippen LogP contribution in [0.4, 0.5) is 5.69 Å². The Morgan fingerprint density at radius 2 is 2.16 bits per heavy atom. The van der Waals surface area contributed by atoms with Crippen LogP contribution in [-0.4, -0.2) is 4.98 Å². The molecule has 2 N–H and O–H groups in total. The highest BCUT2D eigenvalue weighted by Gasteiger charge is 2.22. The molecule has 0 spiro atoms. The molecular formula is C15H15BrN2O. The van der Waals surface area contributed by atoms with Crippen molar-refractivity contribution in [2.24, 2.45) is 0 Å². The number of anilines is 1. The quantitative estimate of drug-likeness (QED) is 0.914. The molecule has 0 radical (unpaired) electrons. The van der Waals surface area contributed by atoms with Gasteiger partial charge in [0.05, 0.1) is 16.4 Å². The predicted octanol–water partition coefficient (Wildman–Crippen LogP) is 3.88. The van der Waals surface area contributed by atoms with Gasteiger partial charge in [-0.3, -0.25) is 0 Å². The Balaban J connectivity index is 1.88. The molecule has 1 aromatic carbocycles. The molecule has 2 aromatic rings. The second-order valence-electron chi connectivity index (χ2n) is 4.75. The fourth-order valence-corrected chi connectivity index (χ4v) is 2.95. The maximum absolute atomic E-state index is 6.05. The molecule has 3 nitrogen and oxygen atoms in total. The van der Waals surface area contributed by atoms with E-state index >= 15 is 0 Å². The van der Waals surface area contributed by atoms with Gasteiger partial charge in [-0.2, -0.15) is 0 Å². The number of rotatable bonds is 2. The number of halogens is 1. The Morgan fingerprint density at radius 1 is 1.32 bits per heavy atom. The fourth-order valence-electron chi connectivity index (χ4n) is 2.49. The van der Waals surface area contributed by atoms with Gasteiger partial charge in [-0.05, 0) is 52.4 Å². The minimum absolute atomic E-state index is 0.0809. The molecule has 98 valence electrons. The van der Waals surface area contributed by atoms with E-state index in [4.69, 9.17) is 10.5 Å². The lowest BCUT2D eigenvalue weighted by Crippen LogP contribution is -2.15. The van der Waals surface area contributed by atoms with Crippen LogP contribution >= 0.6 is 15.9 Å². The number of nitrogens with zero attached hydrogens (tertiary/aromatic N) is 1. The number of hydrogen-bond acceptors (Lipinski definition) is 3. The second-order valence-corrected chi connectivity index (χ2v) is 5.61. The molecule has 1 heterocycles. The first-order valence-electron chi connectivity index (χ1n) is 6.39. The van der Waals surface area contributed by atoms with Crippen molar-refractivity contribution in [3.05, 3.63) is 52.1 Å². The lowest BCUT2D eigenvalue weighted by molar-refractivity contribution is 0.174. The summed E-state index contributed by atoms with van der Waals surface area (Å²) in [5.41, 5.74) is 8.97. The number of aryl methyl sites for hydroxylation is 1. The first kappa shape index (κ1) is 12.5. The summed E-state index contributed by atoms with van der Waals surface area (Å²) in [5.74, 6) is 0.607. The summed E-state index contributed by atoms with van der Waals surface area (Å²) in [6, 6.07) is 10.3. The monoisotopic (exact) mass is 318 g/mol. The van der Waals surface area contributed by atoms with Crippen molar-refractivity contribution >= 4 is 21.6 Å². The Kier molecular flexibility index (Phi) is 3.42. The number of ether oxygens (including phenoxy) is 1. The molecule has 1 aromatic heterocycles. The Hall–Kier alpha value is -1.55. The first-order valence-corrected chi connectivity index (χ1v) is 7.19. The van der Waals surface area contributed by atoms with Crippen molar-refractivity contribution in [2.45, 2.75) is 25.4 Å². The fraction of sp³-hybridized carbons (Fsp3) is 0.267. The number of nitrogens with two attached hydrogens (primary N) is 1. The number of nitrogen functional groups attached to an aromatic ring is 1. The molecular weight excluding hydrogens is 304 g/mol. The largest absolute Gasteiger partial charge is 0.469 e. The molecule has 1 aliphatic rings. The summed E-state index contributed by atoms with van der Waals surface area (Å²) < 4.78 is 6.86. The Morgan fingerprint density at radius 3 is 3.00 bits per heavy atom. The van der Waals surface area contributed by atoms with E-state index in [1.54, 1.807) is 6.20 Å². The molecule has 19 heavy (non-hydrogen) atoms. The van der Waals surface area contributed by atoms with Crippen molar-refractivity contribution in [3.8, 4) is 5.88 Å². The highest BCUT2D eigenvalue weighted by Crippen LogP contribution is 2.35. The highest BCUT2D eigenvalue weighted by molar-refractivity contribution is 9.10. The smallest absolute Gasteiger partial charge is 0.228 e. The van der Waals surface area contributed by atoms with Crippen LogP contribution < -0.4 is 10.5 Å². The Bertz CT molecular complexity index is 600. The van der Waals surface area contributed by atoms with Crippen LogP contribution in [-0.2, 0) is 6.42 Å². The van der Waals surface area contributed by atoms with Gasteiger partial charge in [0.25, 0.3) is 0 Å². The SMILES string of the molecule is Nc1cnc(OC2CCCc3ccccc32)c(Br)c1. The zero-order valence-electron chi connectivity index (χ0n) is 10.5. The average Bonchev–Trinajstić information content (AvgIpc) is 2.42. The number of aromatic nitrogens is 1. The predicted molar refractivity (Wildman–Crippen MR) is 79.1 cm³/mol. The summed E-state index contributed by atoms with van der Waals surface area (Å²) in [6.07, 6.45) is 5.00. The normalized spacial score (nSPS) is 17.8. The molecule has 0 aliphatic heterocycles. The van der Waals surface area contributed by atoms with Gasteiger partial charge in [0, 0.05) is 0 Å². The molecule has 0 bridgehead atoms. The van der Waals surface area contributed by atoms with Crippen LogP contribution in [0, 0.1) is 0 Å². The molecule has 3 rings (SSSR count). The van der Waals surface area contributed by atoms with Crippen molar-refractivity contribution in [1.82, 2.24) is 4.98 Å². The summed E-state index contributed by atoms with van der Waals surface area (Å²) >= 11 is 3.45. The van der Waals surface area contributed by atoms with Crippen LogP contribution in [0.5, 0.6) is 5.88 Å². The van der Waals surface area contributed by atoms with Gasteiger partial charge in [0.2, 0.25) is 5.88 Å². The zero-order valence-corrected chi connectivity index (χ0v) is 12.1. The van der Waals surface area contributed by atoms with Crippen molar-refractivity contribution in [1.29, 1.82) is 0 Å². The molecule has 0 fully saturated rings. The third kappa shape index (κ3) is 2.59. The van der Waals surface area contributed by atoms with Gasteiger partial charge < -0.3 is 10.5 Å². The van der Waals surface area contributed by atoms with E-state index in [1.807, 2.05) is 6.07 Å². The van der Waals surface area contributed by atoms with E-state index in [-0.39, 0.29) is 6.10 Å². The maximum Gasteiger partial charge on any atom is 0.228 e. The molecule has 1 aliphatic carbocycles. The van der Waals surface area contributed by atoms with Gasteiger partial charge >= 0.3 is 0 Å². The van der Waals surface area contributed by atoms with Gasteiger partial charge in [0.1, 0.15) is 6.10 Å². The summed E-state index contributed by atoms with van der Waals surface area (Å²) in [6.45, 7) is 0. The van der Waals surface area contributed by atoms with E-state index in [1.165, 1.54) is 11.1 Å². The topological polar surface area (TPSA) is 48.1 Å². The number of pyridine rings is 1. The molecule has 0 saturated heterocycles. The summed E-state index contributed by atoms with van der Waals surface area (Å²) in [7, 11) is 0. The molecule has 0 saturated carbocycles. The van der Waals surface area contributed by atoms with Gasteiger partial charge in [0.15, 0.2) is 0 Å². The van der Waals surface area contributed by atoms with Crippen molar-refractivity contribution < 1.29 is 4.74 Å². The van der Waals surface area contributed by atoms with Gasteiger partial charge in [-0.25, -0.2) is 4.98 Å². The summed E-state index contributed by atoms with van der Waals surface area (Å²) in [5, 5.41) is 0. The van der Waals surface area contributed by atoms with E-state index < -0.39 is 0 Å². The molecule has 0 amide bonds. The minimum atomic E-state index is 0.0809. The van der Waals surface area contributed by atoms with Gasteiger partial charge in [-0.15, -0.1) is 0 Å². The number of benzene rings is 1. The van der Waals surface area contributed by atoms with Crippen molar-refractivity contribution in [3.63, 3.8) is 0 Å². The Labute approximate surface area is 120 Å². The van der Waals surface area contributed by atoms with E-state index in [0.29, 0.717) is 11.6 Å². The van der Waals surface area contributed by atoms with E-state index in [9.17, 15) is 0 Å². The second kappa shape index (κ2) is 5.21. The molecule has 1 unspecified atom stereocenters. The number of hydrogen-bond donors (Lipinski definition) is 1. The van der Waals surface area contributed by atoms with Crippen LogP contribution in [0.15, 0.2) is 41.0 Å². The van der Waals surface area contributed by atoms with Crippen LogP contribution in [0.3, 0.4) is 0 Å². The van der Waals surface area contributed by atoms with E-state index in [0.717, 1.165) is 23.7 Å². The van der Waals surface area contributed by atoms with Crippen LogP contribution in [0.25, 0.3) is 0 Å². The maximum atomic E-state index is 6.05. The lowest BCUT2D eigenvalue weighted by atomic mass is 9.89. The molecule has 1 atom stereocenters. The van der Waals surface area contributed by atoms with E-state index in [2.05, 4.69) is 45.2 Å². The van der Waals surface area contributed by atoms with Crippen LogP contribution in [0.1, 0.15) is 30.1 Å². The first-order chi connectivity index (χ1) is 9.24. The standard InChI is InChI=1S/C15H15BrN2O/c16-13-8-11(17)9-18-15(13)19-14-7-3-5-10-4-1-2-6-12(10)14/h1-2,4,6,8-9,14H,3,5,7,17H2. The van der Waals surface area contributed by atoms with Crippen LogP contribution in [0.2, 0.25) is 0 Å². The minimum Gasteiger partial charge on any atom is -0.469 e. The molecule has 4 heteroatoms. The van der Waals surface area contributed by atoms with Gasteiger partial charge in [-0.1, -0.05) is 24.3 Å². The third-order valence-corrected chi connectivity index (χ3v) is 3.96. The third-order valence-electron chi connectivity index (χ3n) is 3.40. The summed E-state index contributed by atoms with van der Waals surface area (Å²) in [4.78, 5) is 4.25. The highest BCUT2D eigenvalue weighted by atomic mass is 79.9.